The zero-order chi connectivity index (χ0) is 26.1. The van der Waals surface area contributed by atoms with E-state index in [-0.39, 0.29) is 16.2 Å². The van der Waals surface area contributed by atoms with Crippen molar-refractivity contribution in [1.29, 1.82) is 0 Å². The van der Waals surface area contributed by atoms with E-state index in [1.807, 2.05) is 54.6 Å². The highest BCUT2D eigenvalue weighted by Crippen LogP contribution is 2.54. The van der Waals surface area contributed by atoms with Gasteiger partial charge in [-0.3, -0.25) is 0 Å². The third-order valence-electron chi connectivity index (χ3n) is 5.72. The standard InChI is InChI=1S/C30H39O3PS/c1-28(2,3)22-16-10-13-19-25(22)31-34(35,32-26-20-14-11-17-23(26)29(4,5)6)33-27-21-15-12-18-24(27)30(7,8)9/h10-21H,1-9H3. The lowest BCUT2D eigenvalue weighted by Gasteiger charge is -2.31. The molecule has 0 radical (unpaired) electrons. The van der Waals surface area contributed by atoms with Crippen molar-refractivity contribution >= 4 is 18.5 Å². The first-order valence-electron chi connectivity index (χ1n) is 12.1. The molecule has 3 rings (SSSR count). The van der Waals surface area contributed by atoms with E-state index < -0.39 is 6.72 Å². The summed E-state index contributed by atoms with van der Waals surface area (Å²) in [5, 5.41) is 0. The van der Waals surface area contributed by atoms with Crippen LogP contribution in [0.2, 0.25) is 0 Å². The van der Waals surface area contributed by atoms with Crippen LogP contribution in [0.25, 0.3) is 0 Å². The van der Waals surface area contributed by atoms with Gasteiger partial charge in [-0.2, -0.15) is 0 Å². The summed E-state index contributed by atoms with van der Waals surface area (Å²) in [6.07, 6.45) is 0. The van der Waals surface area contributed by atoms with Crippen molar-refractivity contribution in [3.8, 4) is 17.2 Å². The molecular formula is C30H39O3PS. The smallest absolute Gasteiger partial charge is 0.407 e. The molecule has 0 spiro atoms. The van der Waals surface area contributed by atoms with Gasteiger partial charge in [-0.1, -0.05) is 117 Å². The summed E-state index contributed by atoms with van der Waals surface area (Å²) in [5.74, 6) is 2.06. The van der Waals surface area contributed by atoms with E-state index in [1.54, 1.807) is 0 Å². The summed E-state index contributed by atoms with van der Waals surface area (Å²) in [6, 6.07) is 24.0. The highest BCUT2D eigenvalue weighted by molar-refractivity contribution is 8.08. The molecule has 3 aromatic rings. The predicted octanol–water partition coefficient (Wildman–Crippen LogP) is 9.34. The maximum atomic E-state index is 6.58. The van der Waals surface area contributed by atoms with Gasteiger partial charge in [-0.15, -0.1) is 0 Å². The Kier molecular flexibility index (Phi) is 7.79. The predicted molar refractivity (Wildman–Crippen MR) is 152 cm³/mol. The zero-order valence-electron chi connectivity index (χ0n) is 22.5. The molecule has 0 aliphatic heterocycles. The van der Waals surface area contributed by atoms with Crippen molar-refractivity contribution < 1.29 is 13.6 Å². The molecule has 0 saturated heterocycles. The van der Waals surface area contributed by atoms with Crippen molar-refractivity contribution in [2.75, 3.05) is 0 Å². The van der Waals surface area contributed by atoms with Crippen molar-refractivity contribution in [2.24, 2.45) is 0 Å². The lowest BCUT2D eigenvalue weighted by Crippen LogP contribution is -2.18. The molecule has 0 saturated carbocycles. The molecule has 35 heavy (non-hydrogen) atoms. The fraction of sp³-hybridized carbons (Fsp3) is 0.400. The third-order valence-corrected chi connectivity index (χ3v) is 7.65. The van der Waals surface area contributed by atoms with Crippen LogP contribution in [0.1, 0.15) is 79.0 Å². The van der Waals surface area contributed by atoms with Crippen LogP contribution in [0.3, 0.4) is 0 Å². The summed E-state index contributed by atoms with van der Waals surface area (Å²) in [4.78, 5) is 0. The summed E-state index contributed by atoms with van der Waals surface area (Å²) in [5.41, 5.74) is 2.75. The van der Waals surface area contributed by atoms with Gasteiger partial charge in [0.1, 0.15) is 17.2 Å². The molecule has 0 unspecified atom stereocenters. The minimum Gasteiger partial charge on any atom is -0.407 e. The molecule has 188 valence electrons. The molecule has 0 aromatic heterocycles. The van der Waals surface area contributed by atoms with E-state index in [2.05, 4.69) is 80.5 Å². The van der Waals surface area contributed by atoms with Gasteiger partial charge in [0.05, 0.1) is 0 Å². The third kappa shape index (κ3) is 6.90. The summed E-state index contributed by atoms with van der Waals surface area (Å²) in [7, 11) is 0. The Bertz CT molecular complexity index is 1060. The van der Waals surface area contributed by atoms with Gasteiger partial charge < -0.3 is 13.6 Å². The molecule has 0 heterocycles. The van der Waals surface area contributed by atoms with Crippen molar-refractivity contribution in [2.45, 2.75) is 78.6 Å². The molecule has 3 aromatic carbocycles. The van der Waals surface area contributed by atoms with Gasteiger partial charge in [-0.05, 0) is 34.4 Å². The van der Waals surface area contributed by atoms with Crippen LogP contribution in [0, 0.1) is 0 Å². The van der Waals surface area contributed by atoms with Gasteiger partial charge >= 0.3 is 6.72 Å². The second kappa shape index (κ2) is 9.99. The number of para-hydroxylation sites is 3. The molecule has 0 aliphatic rings. The zero-order valence-corrected chi connectivity index (χ0v) is 24.2. The fourth-order valence-corrected chi connectivity index (χ4v) is 5.95. The molecule has 5 heteroatoms. The lowest BCUT2D eigenvalue weighted by atomic mass is 9.86. The van der Waals surface area contributed by atoms with E-state index in [0.717, 1.165) is 16.7 Å². The Labute approximate surface area is 217 Å². The maximum Gasteiger partial charge on any atom is 0.490 e. The minimum absolute atomic E-state index is 0.136. The Hall–Kier alpha value is -2.29. The highest BCUT2D eigenvalue weighted by atomic mass is 32.5. The quantitative estimate of drug-likeness (QED) is 0.309. The Morgan fingerprint density at radius 1 is 0.457 bits per heavy atom. The molecule has 0 amide bonds. The number of benzene rings is 3. The largest absolute Gasteiger partial charge is 0.490 e. The molecule has 0 atom stereocenters. The van der Waals surface area contributed by atoms with Gasteiger partial charge in [0.25, 0.3) is 0 Å². The van der Waals surface area contributed by atoms with E-state index in [1.165, 1.54) is 0 Å². The van der Waals surface area contributed by atoms with Crippen molar-refractivity contribution in [1.82, 2.24) is 0 Å². The monoisotopic (exact) mass is 510 g/mol. The Morgan fingerprint density at radius 2 is 0.686 bits per heavy atom. The first-order chi connectivity index (χ1) is 16.1. The summed E-state index contributed by atoms with van der Waals surface area (Å²) in [6.45, 7) is 16.1. The minimum atomic E-state index is -3.34. The van der Waals surface area contributed by atoms with E-state index >= 15 is 0 Å². The van der Waals surface area contributed by atoms with Gasteiger partial charge in [-0.25, -0.2) is 0 Å². The second-order valence-corrected chi connectivity index (χ2v) is 14.7. The fourth-order valence-electron chi connectivity index (χ4n) is 3.91. The van der Waals surface area contributed by atoms with Gasteiger partial charge in [0, 0.05) is 28.5 Å². The first kappa shape index (κ1) is 27.3. The maximum absolute atomic E-state index is 6.58. The summed E-state index contributed by atoms with van der Waals surface area (Å²) < 4.78 is 19.8. The number of hydrogen-bond donors (Lipinski definition) is 0. The van der Waals surface area contributed by atoms with Crippen LogP contribution in [0.5, 0.6) is 17.2 Å². The van der Waals surface area contributed by atoms with Crippen LogP contribution < -0.4 is 13.6 Å². The van der Waals surface area contributed by atoms with Crippen LogP contribution >= 0.6 is 6.72 Å². The van der Waals surface area contributed by atoms with E-state index in [9.17, 15) is 0 Å². The average molecular weight is 511 g/mol. The van der Waals surface area contributed by atoms with Gasteiger partial charge in [0.2, 0.25) is 0 Å². The average Bonchev–Trinajstić information content (AvgIpc) is 2.72. The van der Waals surface area contributed by atoms with Gasteiger partial charge in [0.15, 0.2) is 0 Å². The Balaban J connectivity index is 2.14. The molecule has 0 aliphatic carbocycles. The molecule has 0 bridgehead atoms. The second-order valence-electron chi connectivity index (χ2n) is 12.0. The van der Waals surface area contributed by atoms with Crippen molar-refractivity contribution in [3.05, 3.63) is 89.5 Å². The normalized spacial score (nSPS) is 12.8. The Morgan fingerprint density at radius 3 is 0.914 bits per heavy atom. The SMILES string of the molecule is CC(C)(C)c1ccccc1OP(=S)(Oc1ccccc1C(C)(C)C)Oc1ccccc1C(C)(C)C. The molecule has 0 N–H and O–H groups in total. The van der Waals surface area contributed by atoms with Crippen LogP contribution in [0.4, 0.5) is 0 Å². The van der Waals surface area contributed by atoms with Crippen LogP contribution in [-0.4, -0.2) is 0 Å². The topological polar surface area (TPSA) is 27.7 Å². The van der Waals surface area contributed by atoms with Crippen molar-refractivity contribution in [3.63, 3.8) is 0 Å². The molecular weight excluding hydrogens is 471 g/mol. The van der Waals surface area contributed by atoms with Crippen LogP contribution in [0.15, 0.2) is 72.8 Å². The summed E-state index contributed by atoms with van der Waals surface area (Å²) >= 11 is 6.14. The lowest BCUT2D eigenvalue weighted by molar-refractivity contribution is 0.369. The van der Waals surface area contributed by atoms with Crippen LogP contribution in [-0.2, 0) is 28.1 Å². The molecule has 0 fully saturated rings. The number of rotatable bonds is 6. The highest BCUT2D eigenvalue weighted by Gasteiger charge is 2.33. The molecule has 3 nitrogen and oxygen atoms in total. The number of hydrogen-bond acceptors (Lipinski definition) is 4. The first-order valence-corrected chi connectivity index (χ1v) is 14.6. The van der Waals surface area contributed by atoms with E-state index in [0.29, 0.717) is 17.2 Å². The van der Waals surface area contributed by atoms with E-state index in [4.69, 9.17) is 25.4 Å².